The van der Waals surface area contributed by atoms with Gasteiger partial charge in [-0.1, -0.05) is 306 Å². The van der Waals surface area contributed by atoms with Crippen LogP contribution in [-0.2, 0) is 18.4 Å². The van der Waals surface area contributed by atoms with Crippen molar-refractivity contribution in [1.29, 1.82) is 0 Å². The van der Waals surface area contributed by atoms with E-state index in [1.807, 2.05) is 27.2 Å². The third-order valence-electron chi connectivity index (χ3n) is 15.4. The summed E-state index contributed by atoms with van der Waals surface area (Å²) in [7, 11) is 1.55. The molecule has 1 amide bonds. The molecule has 0 spiro atoms. The minimum atomic E-state index is -4.36. The largest absolute Gasteiger partial charge is 0.472 e. The molecule has 0 fully saturated rings. The topological polar surface area (TPSA) is 105 Å². The highest BCUT2D eigenvalue weighted by molar-refractivity contribution is 7.47. The minimum Gasteiger partial charge on any atom is -0.387 e. The molecule has 3 N–H and O–H groups in total. The van der Waals surface area contributed by atoms with E-state index < -0.39 is 20.0 Å². The van der Waals surface area contributed by atoms with Crippen molar-refractivity contribution in [1.82, 2.24) is 5.32 Å². The van der Waals surface area contributed by atoms with Crippen LogP contribution in [0.3, 0.4) is 0 Å². The maximum Gasteiger partial charge on any atom is 0.472 e. The van der Waals surface area contributed by atoms with Crippen LogP contribution in [0.2, 0.25) is 0 Å². The molecule has 0 aromatic heterocycles. The SMILES string of the molecule is CCCCCCCCCC/C=C/CC/C=C/CC/C=C/C(O)C(COP(=O)(O)OCC[N+](C)(C)C)NC(=O)CCCCCCCCCCCCCCCCCCC/C=C\C/C=C\CCCCCCCCCCCCCCCCC. The molecule has 9 heteroatoms. The number of amides is 1. The minimum absolute atomic E-state index is 0.0530. The van der Waals surface area contributed by atoms with Crippen LogP contribution in [-0.4, -0.2) is 73.4 Å². The summed E-state index contributed by atoms with van der Waals surface area (Å²) in [4.78, 5) is 23.3. The van der Waals surface area contributed by atoms with Gasteiger partial charge in [-0.25, -0.2) is 4.57 Å². The molecule has 464 valence electrons. The molecule has 0 aliphatic rings. The van der Waals surface area contributed by atoms with E-state index in [1.165, 1.54) is 257 Å². The molecule has 0 aromatic carbocycles. The molecule has 0 aromatic rings. The van der Waals surface area contributed by atoms with Gasteiger partial charge in [0.25, 0.3) is 0 Å². The van der Waals surface area contributed by atoms with E-state index in [-0.39, 0.29) is 19.1 Å². The van der Waals surface area contributed by atoms with Crippen LogP contribution >= 0.6 is 7.82 Å². The van der Waals surface area contributed by atoms with E-state index in [0.717, 1.165) is 51.4 Å². The molecule has 0 heterocycles. The van der Waals surface area contributed by atoms with E-state index in [1.54, 1.807) is 6.08 Å². The molecule has 79 heavy (non-hydrogen) atoms. The molecule has 0 aliphatic heterocycles. The molecule has 0 aliphatic carbocycles. The van der Waals surface area contributed by atoms with Crippen LogP contribution in [0.25, 0.3) is 0 Å². The Balaban J connectivity index is 3.99. The highest BCUT2D eigenvalue weighted by Crippen LogP contribution is 2.43. The molecule has 0 bridgehead atoms. The molecule has 0 rings (SSSR count). The Bertz CT molecular complexity index is 1470. The van der Waals surface area contributed by atoms with Gasteiger partial charge in [0.2, 0.25) is 5.91 Å². The number of rotatable bonds is 63. The number of aliphatic hydroxyl groups is 1. The van der Waals surface area contributed by atoms with E-state index in [2.05, 4.69) is 67.8 Å². The summed E-state index contributed by atoms with van der Waals surface area (Å²) in [5.41, 5.74) is 0. The Hall–Kier alpha value is -1.80. The van der Waals surface area contributed by atoms with Crippen LogP contribution in [0.1, 0.15) is 328 Å². The predicted molar refractivity (Wildman–Crippen MR) is 346 cm³/mol. The summed E-state index contributed by atoms with van der Waals surface area (Å²) in [6, 6.07) is -0.872. The Kier molecular flexibility index (Phi) is 59.4. The van der Waals surface area contributed by atoms with E-state index >= 15 is 0 Å². The number of carbonyl (C=O) groups excluding carboxylic acids is 1. The number of phosphoric ester groups is 1. The molecule has 0 saturated heterocycles. The Morgan fingerprint density at radius 2 is 0.734 bits per heavy atom. The number of aliphatic hydroxyl groups excluding tert-OH is 1. The maximum absolute atomic E-state index is 13.0. The lowest BCUT2D eigenvalue weighted by molar-refractivity contribution is -0.870. The van der Waals surface area contributed by atoms with Gasteiger partial charge in [0.05, 0.1) is 39.9 Å². The summed E-state index contributed by atoms with van der Waals surface area (Å²) >= 11 is 0. The van der Waals surface area contributed by atoms with Crippen LogP contribution in [0.4, 0.5) is 0 Å². The third-order valence-corrected chi connectivity index (χ3v) is 16.4. The first-order valence-corrected chi connectivity index (χ1v) is 35.7. The fourth-order valence-electron chi connectivity index (χ4n) is 10.1. The van der Waals surface area contributed by atoms with Crippen molar-refractivity contribution in [3.05, 3.63) is 60.8 Å². The average molecular weight is 1130 g/mol. The highest BCUT2D eigenvalue weighted by atomic mass is 31.2. The fourth-order valence-corrected chi connectivity index (χ4v) is 10.8. The molecular weight excluding hydrogens is 996 g/mol. The molecular formula is C70H134N2O6P+. The molecule has 8 nitrogen and oxygen atoms in total. The number of carbonyl (C=O) groups is 1. The molecule has 0 radical (unpaired) electrons. The first-order chi connectivity index (χ1) is 38.5. The van der Waals surface area contributed by atoms with Crippen molar-refractivity contribution in [3.8, 4) is 0 Å². The van der Waals surface area contributed by atoms with Crippen molar-refractivity contribution >= 4 is 13.7 Å². The van der Waals surface area contributed by atoms with Gasteiger partial charge in [-0.15, -0.1) is 0 Å². The Labute approximate surface area is 492 Å². The quantitative estimate of drug-likeness (QED) is 0.0243. The van der Waals surface area contributed by atoms with Crippen molar-refractivity contribution in [2.45, 2.75) is 341 Å². The zero-order valence-electron chi connectivity index (χ0n) is 53.1. The van der Waals surface area contributed by atoms with Crippen molar-refractivity contribution in [2.24, 2.45) is 0 Å². The zero-order valence-corrected chi connectivity index (χ0v) is 54.0. The van der Waals surface area contributed by atoms with E-state index in [0.29, 0.717) is 17.4 Å². The van der Waals surface area contributed by atoms with Crippen LogP contribution in [0.15, 0.2) is 60.8 Å². The standard InChI is InChI=1S/C70H133N2O6P/c1-6-8-10-12-14-16-18-20-22-24-26-27-28-29-30-31-32-33-34-35-36-37-38-39-40-41-42-43-44-45-46-48-50-52-54-56-58-60-62-64-70(74)71-68(67-78-79(75,76)77-66-65-72(3,4)5)69(73)63-61-59-57-55-53-51-49-47-25-23-21-19-17-15-13-11-9-7-2/h25,32-33,35-36,47,53,55,61,63,68-69,73H,6-24,26-31,34,37-46,48-52,54,56-60,62,64-67H2,1-5H3,(H-,71,74,75,76)/p+1/b33-32-,36-35-,47-25+,55-53+,63-61+. The maximum atomic E-state index is 13.0. The van der Waals surface area contributed by atoms with E-state index in [9.17, 15) is 19.4 Å². The fraction of sp³-hybridized carbons (Fsp3) is 0.843. The van der Waals surface area contributed by atoms with E-state index in [4.69, 9.17) is 9.05 Å². The number of quaternary nitrogens is 1. The number of likely N-dealkylation sites (N-methyl/N-ethyl adjacent to an activating group) is 1. The Morgan fingerprint density at radius 3 is 1.09 bits per heavy atom. The smallest absolute Gasteiger partial charge is 0.387 e. The number of unbranched alkanes of at least 4 members (excludes halogenated alkanes) is 42. The highest BCUT2D eigenvalue weighted by Gasteiger charge is 2.28. The van der Waals surface area contributed by atoms with Gasteiger partial charge in [-0.05, 0) is 77.0 Å². The molecule has 0 saturated carbocycles. The van der Waals surface area contributed by atoms with Gasteiger partial charge in [-0.2, -0.15) is 0 Å². The number of allylic oxidation sites excluding steroid dienone is 9. The number of nitrogens with one attached hydrogen (secondary N) is 1. The average Bonchev–Trinajstić information content (AvgIpc) is 3.42. The van der Waals surface area contributed by atoms with Gasteiger partial charge in [0.1, 0.15) is 13.2 Å². The number of hydrogen-bond acceptors (Lipinski definition) is 5. The zero-order chi connectivity index (χ0) is 57.7. The first kappa shape index (κ1) is 77.2. The lowest BCUT2D eigenvalue weighted by atomic mass is 10.0. The lowest BCUT2D eigenvalue weighted by Crippen LogP contribution is -2.45. The molecule has 3 unspecified atom stereocenters. The normalized spacial score (nSPS) is 14.1. The van der Waals surface area contributed by atoms with Crippen LogP contribution < -0.4 is 5.32 Å². The summed E-state index contributed by atoms with van der Waals surface area (Å²) in [5.74, 6) is -0.188. The summed E-state index contributed by atoms with van der Waals surface area (Å²) in [5, 5.41) is 13.9. The number of phosphoric acid groups is 1. The molecule has 3 atom stereocenters. The van der Waals surface area contributed by atoms with Gasteiger partial charge >= 0.3 is 7.82 Å². The van der Waals surface area contributed by atoms with Gasteiger partial charge in [0.15, 0.2) is 0 Å². The van der Waals surface area contributed by atoms with Crippen LogP contribution in [0.5, 0.6) is 0 Å². The number of nitrogens with zero attached hydrogens (tertiary/aromatic N) is 1. The van der Waals surface area contributed by atoms with Crippen LogP contribution in [0, 0.1) is 0 Å². The van der Waals surface area contributed by atoms with Crippen molar-refractivity contribution in [3.63, 3.8) is 0 Å². The monoisotopic (exact) mass is 1130 g/mol. The van der Waals surface area contributed by atoms with Crippen molar-refractivity contribution < 1.29 is 32.9 Å². The lowest BCUT2D eigenvalue weighted by Gasteiger charge is -2.25. The second kappa shape index (κ2) is 60.8. The van der Waals surface area contributed by atoms with Gasteiger partial charge < -0.3 is 19.8 Å². The predicted octanol–water partition coefficient (Wildman–Crippen LogP) is 21.6. The van der Waals surface area contributed by atoms with Crippen molar-refractivity contribution in [2.75, 3.05) is 40.9 Å². The van der Waals surface area contributed by atoms with Gasteiger partial charge in [0, 0.05) is 6.42 Å². The Morgan fingerprint density at radius 1 is 0.430 bits per heavy atom. The summed E-state index contributed by atoms with van der Waals surface area (Å²) in [6.07, 6.45) is 83.8. The first-order valence-electron chi connectivity index (χ1n) is 34.2. The third kappa shape index (κ3) is 63.6. The van der Waals surface area contributed by atoms with Gasteiger partial charge in [-0.3, -0.25) is 13.8 Å². The summed E-state index contributed by atoms with van der Waals surface area (Å²) < 4.78 is 23.7. The summed E-state index contributed by atoms with van der Waals surface area (Å²) in [6.45, 7) is 4.82. The second-order valence-electron chi connectivity index (χ2n) is 24.5. The number of hydrogen-bond donors (Lipinski definition) is 3. The second-order valence-corrected chi connectivity index (χ2v) is 26.0.